The SMILES string of the molecule is COC(=O)c1cc(C(=O)OC)cc(-c2ccc([C@H]3CC(=O)Nc4c3cnn4C)o2)c1. The van der Waals surface area contributed by atoms with E-state index in [-0.39, 0.29) is 29.4 Å². The molecule has 1 atom stereocenters. The van der Waals surface area contributed by atoms with Gasteiger partial charge in [-0.2, -0.15) is 5.10 Å². The Kier molecular flexibility index (Phi) is 4.86. The summed E-state index contributed by atoms with van der Waals surface area (Å²) >= 11 is 0. The Labute approximate surface area is 171 Å². The fraction of sp³-hybridized carbons (Fsp3) is 0.238. The van der Waals surface area contributed by atoms with Gasteiger partial charge in [0.25, 0.3) is 0 Å². The Balaban J connectivity index is 1.75. The number of amides is 1. The first kappa shape index (κ1) is 19.4. The van der Waals surface area contributed by atoms with Crippen LogP contribution in [-0.2, 0) is 21.3 Å². The third kappa shape index (κ3) is 3.34. The second-order valence-corrected chi connectivity index (χ2v) is 6.86. The second-order valence-electron chi connectivity index (χ2n) is 6.86. The number of aromatic nitrogens is 2. The lowest BCUT2D eigenvalue weighted by atomic mass is 9.92. The highest BCUT2D eigenvalue weighted by Crippen LogP contribution is 2.39. The van der Waals surface area contributed by atoms with Crippen LogP contribution in [0.3, 0.4) is 0 Å². The zero-order chi connectivity index (χ0) is 21.4. The predicted octanol–water partition coefficient (Wildman–Crippen LogP) is 2.73. The lowest BCUT2D eigenvalue weighted by Gasteiger charge is -2.21. The van der Waals surface area contributed by atoms with E-state index in [1.807, 2.05) is 0 Å². The summed E-state index contributed by atoms with van der Waals surface area (Å²) < 4.78 is 17.2. The van der Waals surface area contributed by atoms with Crippen molar-refractivity contribution >= 4 is 23.7 Å². The molecule has 0 unspecified atom stereocenters. The fourth-order valence-electron chi connectivity index (χ4n) is 3.53. The van der Waals surface area contributed by atoms with Crippen LogP contribution < -0.4 is 5.32 Å². The fourth-order valence-corrected chi connectivity index (χ4v) is 3.53. The molecule has 1 aliphatic heterocycles. The van der Waals surface area contributed by atoms with Crippen molar-refractivity contribution in [1.29, 1.82) is 0 Å². The van der Waals surface area contributed by atoms with Gasteiger partial charge in [-0.15, -0.1) is 0 Å². The summed E-state index contributed by atoms with van der Waals surface area (Å²) in [6.07, 6.45) is 1.93. The van der Waals surface area contributed by atoms with Crippen molar-refractivity contribution < 1.29 is 28.3 Å². The maximum absolute atomic E-state index is 12.1. The molecule has 1 amide bonds. The summed E-state index contributed by atoms with van der Waals surface area (Å²) in [6.45, 7) is 0. The van der Waals surface area contributed by atoms with E-state index in [4.69, 9.17) is 13.9 Å². The third-order valence-corrected chi connectivity index (χ3v) is 5.02. The van der Waals surface area contributed by atoms with Gasteiger partial charge in [0.2, 0.25) is 5.91 Å². The van der Waals surface area contributed by atoms with Gasteiger partial charge in [-0.25, -0.2) is 9.59 Å². The zero-order valence-corrected chi connectivity index (χ0v) is 16.6. The zero-order valence-electron chi connectivity index (χ0n) is 16.6. The number of esters is 2. The number of fused-ring (bicyclic) bond motifs is 1. The smallest absolute Gasteiger partial charge is 0.337 e. The number of nitrogens with zero attached hydrogens (tertiary/aromatic N) is 2. The van der Waals surface area contributed by atoms with Crippen molar-refractivity contribution in [2.24, 2.45) is 7.05 Å². The lowest BCUT2D eigenvalue weighted by molar-refractivity contribution is -0.116. The number of ether oxygens (including phenoxy) is 2. The van der Waals surface area contributed by atoms with Crippen molar-refractivity contribution in [3.63, 3.8) is 0 Å². The molecule has 154 valence electrons. The maximum atomic E-state index is 12.1. The molecule has 1 aromatic carbocycles. The molecule has 2 aromatic heterocycles. The van der Waals surface area contributed by atoms with E-state index >= 15 is 0 Å². The first-order valence-corrected chi connectivity index (χ1v) is 9.14. The molecule has 1 N–H and O–H groups in total. The molecular formula is C21H19N3O6. The summed E-state index contributed by atoms with van der Waals surface area (Å²) in [7, 11) is 4.27. The largest absolute Gasteiger partial charge is 0.465 e. The van der Waals surface area contributed by atoms with Crippen LogP contribution in [0.15, 0.2) is 40.9 Å². The van der Waals surface area contributed by atoms with Crippen molar-refractivity contribution in [3.8, 4) is 11.3 Å². The number of benzene rings is 1. The second kappa shape index (κ2) is 7.51. The Hall–Kier alpha value is -3.88. The van der Waals surface area contributed by atoms with Crippen LogP contribution in [0.2, 0.25) is 0 Å². The number of carbonyl (C=O) groups is 3. The number of rotatable bonds is 4. The monoisotopic (exact) mass is 409 g/mol. The van der Waals surface area contributed by atoms with Gasteiger partial charge < -0.3 is 19.2 Å². The van der Waals surface area contributed by atoms with E-state index in [1.165, 1.54) is 20.3 Å². The van der Waals surface area contributed by atoms with Crippen LogP contribution in [0.1, 0.15) is 44.4 Å². The number of furan rings is 1. The van der Waals surface area contributed by atoms with Gasteiger partial charge in [0.1, 0.15) is 17.3 Å². The normalized spacial score (nSPS) is 15.3. The number of hydrogen-bond acceptors (Lipinski definition) is 7. The summed E-state index contributed by atoms with van der Waals surface area (Å²) in [6, 6.07) is 8.06. The summed E-state index contributed by atoms with van der Waals surface area (Å²) in [4.78, 5) is 36.2. The molecule has 0 aliphatic carbocycles. The van der Waals surface area contributed by atoms with Crippen molar-refractivity contribution in [3.05, 3.63) is 59.0 Å². The van der Waals surface area contributed by atoms with Gasteiger partial charge in [0.05, 0.1) is 37.5 Å². The highest BCUT2D eigenvalue weighted by Gasteiger charge is 2.31. The molecule has 0 saturated heterocycles. The minimum absolute atomic E-state index is 0.130. The molecule has 30 heavy (non-hydrogen) atoms. The molecule has 4 rings (SSSR count). The number of carbonyl (C=O) groups excluding carboxylic acids is 3. The van der Waals surface area contributed by atoms with Crippen molar-refractivity contribution in [2.75, 3.05) is 19.5 Å². The van der Waals surface area contributed by atoms with E-state index in [0.717, 1.165) is 5.56 Å². The van der Waals surface area contributed by atoms with Gasteiger partial charge in [-0.05, 0) is 30.3 Å². The molecule has 0 radical (unpaired) electrons. The number of nitrogens with one attached hydrogen (secondary N) is 1. The molecule has 0 saturated carbocycles. The summed E-state index contributed by atoms with van der Waals surface area (Å²) in [5.74, 6) is 0.0645. The quantitative estimate of drug-likeness (QED) is 0.659. The highest BCUT2D eigenvalue weighted by atomic mass is 16.5. The number of anilines is 1. The van der Waals surface area contributed by atoms with E-state index in [2.05, 4.69) is 10.4 Å². The topological polar surface area (TPSA) is 113 Å². The minimum Gasteiger partial charge on any atom is -0.465 e. The van der Waals surface area contributed by atoms with Crippen molar-refractivity contribution in [1.82, 2.24) is 9.78 Å². The Bertz CT molecular complexity index is 1130. The third-order valence-electron chi connectivity index (χ3n) is 5.02. The molecule has 0 spiro atoms. The Morgan fingerprint density at radius 2 is 1.80 bits per heavy atom. The molecule has 1 aliphatic rings. The van der Waals surface area contributed by atoms with Gasteiger partial charge in [0, 0.05) is 24.6 Å². The van der Waals surface area contributed by atoms with Crippen LogP contribution in [0.4, 0.5) is 5.82 Å². The van der Waals surface area contributed by atoms with E-state index < -0.39 is 11.9 Å². The first-order chi connectivity index (χ1) is 14.4. The van der Waals surface area contributed by atoms with Crippen LogP contribution in [0.5, 0.6) is 0 Å². The lowest BCUT2D eigenvalue weighted by Crippen LogP contribution is -2.24. The highest BCUT2D eigenvalue weighted by molar-refractivity contribution is 5.97. The van der Waals surface area contributed by atoms with Gasteiger partial charge in [-0.1, -0.05) is 0 Å². The number of aryl methyl sites for hydroxylation is 1. The number of methoxy groups -OCH3 is 2. The molecule has 9 nitrogen and oxygen atoms in total. The molecule has 0 bridgehead atoms. The molecule has 0 fully saturated rings. The summed E-state index contributed by atoms with van der Waals surface area (Å²) in [5, 5.41) is 7.03. The van der Waals surface area contributed by atoms with E-state index in [1.54, 1.807) is 42.2 Å². The van der Waals surface area contributed by atoms with Gasteiger partial charge in [-0.3, -0.25) is 9.48 Å². The number of hydrogen-bond donors (Lipinski definition) is 1. The molecule has 3 heterocycles. The Morgan fingerprint density at radius 3 is 2.43 bits per heavy atom. The van der Waals surface area contributed by atoms with Crippen LogP contribution >= 0.6 is 0 Å². The van der Waals surface area contributed by atoms with Crippen LogP contribution in [0.25, 0.3) is 11.3 Å². The van der Waals surface area contributed by atoms with Gasteiger partial charge in [0.15, 0.2) is 0 Å². The minimum atomic E-state index is -0.585. The first-order valence-electron chi connectivity index (χ1n) is 9.14. The van der Waals surface area contributed by atoms with Crippen LogP contribution in [-0.4, -0.2) is 41.8 Å². The summed E-state index contributed by atoms with van der Waals surface area (Å²) in [5.41, 5.74) is 1.76. The van der Waals surface area contributed by atoms with E-state index in [0.29, 0.717) is 22.9 Å². The van der Waals surface area contributed by atoms with Gasteiger partial charge >= 0.3 is 11.9 Å². The average Bonchev–Trinajstić information content (AvgIpc) is 3.39. The van der Waals surface area contributed by atoms with Crippen LogP contribution in [0, 0.1) is 0 Å². The predicted molar refractivity (Wildman–Crippen MR) is 105 cm³/mol. The average molecular weight is 409 g/mol. The van der Waals surface area contributed by atoms with E-state index in [9.17, 15) is 14.4 Å². The Morgan fingerprint density at radius 1 is 1.13 bits per heavy atom. The standard InChI is InChI=1S/C21H19N3O6/c1-24-19-15(10-22-24)14(9-18(25)23-19)17-5-4-16(30-17)11-6-12(20(26)28-2)8-13(7-11)21(27)29-3/h4-8,10,14H,9H2,1-3H3,(H,23,25)/t14-/m0/s1. The molecule has 3 aromatic rings. The maximum Gasteiger partial charge on any atom is 0.337 e. The molecular weight excluding hydrogens is 390 g/mol. The molecule has 9 heteroatoms. The van der Waals surface area contributed by atoms with Crippen molar-refractivity contribution in [2.45, 2.75) is 12.3 Å².